The van der Waals surface area contributed by atoms with E-state index in [2.05, 4.69) is 0 Å². The molecule has 0 aromatic carbocycles. The number of nitro groups is 1. The van der Waals surface area contributed by atoms with Gasteiger partial charge in [0.1, 0.15) is 0 Å². The lowest BCUT2D eigenvalue weighted by molar-refractivity contribution is -0.419. The molecule has 1 amide bonds. The Morgan fingerprint density at radius 2 is 2.00 bits per heavy atom. The molecule has 0 rings (SSSR count). The zero-order valence-corrected chi connectivity index (χ0v) is 7.27. The van der Waals surface area contributed by atoms with Gasteiger partial charge in [0, 0.05) is 5.57 Å². The first-order valence-corrected chi connectivity index (χ1v) is 3.38. The normalized spacial score (nSPS) is 13.5. The number of aliphatic hydroxyl groups excluding tert-OH is 1. The van der Waals surface area contributed by atoms with E-state index in [0.29, 0.717) is 0 Å². The average Bonchev–Trinajstić information content (AvgIpc) is 1.81. The molecule has 0 aliphatic carbocycles. The molecule has 0 aliphatic rings. The van der Waals surface area contributed by atoms with Crippen LogP contribution < -0.4 is 5.73 Å². The monoisotopic (exact) mass is 186 g/mol. The molecule has 0 heterocycles. The lowest BCUT2D eigenvalue weighted by atomic mass is 10.2. The van der Waals surface area contributed by atoms with Crippen molar-refractivity contribution in [3.63, 3.8) is 0 Å². The maximum absolute atomic E-state index is 10.6. The number of nitrogens with two attached hydrogens (primary N) is 1. The van der Waals surface area contributed by atoms with Gasteiger partial charge in [-0.25, -0.2) is 0 Å². The SMILES string of the molecule is C/C(O)=C/C(C)=C(/C(N)=O)[N+](=O)[O-]. The van der Waals surface area contributed by atoms with Crippen LogP contribution in [0, 0.1) is 10.1 Å². The molecule has 6 heteroatoms. The first-order valence-electron chi connectivity index (χ1n) is 3.38. The zero-order valence-electron chi connectivity index (χ0n) is 7.27. The largest absolute Gasteiger partial charge is 0.513 e. The van der Waals surface area contributed by atoms with Crippen molar-refractivity contribution in [2.45, 2.75) is 13.8 Å². The van der Waals surface area contributed by atoms with E-state index in [1.165, 1.54) is 13.8 Å². The summed E-state index contributed by atoms with van der Waals surface area (Å²) in [5.41, 5.74) is 4.08. The molecular formula is C7H10N2O4. The highest BCUT2D eigenvalue weighted by atomic mass is 16.6. The molecule has 13 heavy (non-hydrogen) atoms. The summed E-state index contributed by atoms with van der Waals surface area (Å²) in [6.45, 7) is 2.66. The molecule has 0 aromatic heterocycles. The van der Waals surface area contributed by atoms with Crippen LogP contribution in [0.15, 0.2) is 23.1 Å². The highest BCUT2D eigenvalue weighted by Crippen LogP contribution is 2.07. The minimum Gasteiger partial charge on any atom is -0.513 e. The van der Waals surface area contributed by atoms with Crippen molar-refractivity contribution in [2.75, 3.05) is 0 Å². The fraction of sp³-hybridized carbons (Fsp3) is 0.286. The Morgan fingerprint density at radius 3 is 2.23 bits per heavy atom. The predicted octanol–water partition coefficient (Wildman–Crippen LogP) is 0.484. The molecule has 0 saturated heterocycles. The first-order chi connectivity index (χ1) is 5.86. The van der Waals surface area contributed by atoms with E-state index < -0.39 is 16.5 Å². The molecule has 72 valence electrons. The summed E-state index contributed by atoms with van der Waals surface area (Å²) in [5, 5.41) is 19.1. The fourth-order valence-electron chi connectivity index (χ4n) is 0.810. The summed E-state index contributed by atoms with van der Waals surface area (Å²) in [4.78, 5) is 20.0. The Hall–Kier alpha value is -1.85. The Balaban J connectivity index is 5.23. The van der Waals surface area contributed by atoms with Crippen LogP contribution in [-0.4, -0.2) is 15.9 Å². The molecule has 0 spiro atoms. The lowest BCUT2D eigenvalue weighted by Gasteiger charge is -1.96. The van der Waals surface area contributed by atoms with Crippen LogP contribution in [0.4, 0.5) is 0 Å². The maximum atomic E-state index is 10.6. The summed E-state index contributed by atoms with van der Waals surface area (Å²) in [6.07, 6.45) is 1.10. The van der Waals surface area contributed by atoms with E-state index in [1.54, 1.807) is 0 Å². The van der Waals surface area contributed by atoms with Gasteiger partial charge in [0.2, 0.25) is 0 Å². The number of hydrogen-bond donors (Lipinski definition) is 2. The van der Waals surface area contributed by atoms with E-state index in [4.69, 9.17) is 10.8 Å². The van der Waals surface area contributed by atoms with Gasteiger partial charge < -0.3 is 10.8 Å². The van der Waals surface area contributed by atoms with Crippen molar-refractivity contribution in [1.29, 1.82) is 0 Å². The topological polar surface area (TPSA) is 106 Å². The molecular weight excluding hydrogens is 176 g/mol. The van der Waals surface area contributed by atoms with Crippen LogP contribution in [0.2, 0.25) is 0 Å². The smallest absolute Gasteiger partial charge is 0.336 e. The maximum Gasteiger partial charge on any atom is 0.336 e. The van der Waals surface area contributed by atoms with Crippen molar-refractivity contribution in [3.05, 3.63) is 33.2 Å². The van der Waals surface area contributed by atoms with E-state index in [1.807, 2.05) is 0 Å². The van der Waals surface area contributed by atoms with Crippen molar-refractivity contribution in [2.24, 2.45) is 5.73 Å². The number of carbonyl (C=O) groups is 1. The molecule has 0 fully saturated rings. The number of hydrogen-bond acceptors (Lipinski definition) is 4. The summed E-state index contributed by atoms with van der Waals surface area (Å²) in [5.74, 6) is -1.25. The first kappa shape index (κ1) is 11.2. The quantitative estimate of drug-likeness (QED) is 0.220. The number of aliphatic hydroxyl groups is 1. The third-order valence-electron chi connectivity index (χ3n) is 1.21. The van der Waals surface area contributed by atoms with Crippen LogP contribution in [-0.2, 0) is 4.79 Å². The van der Waals surface area contributed by atoms with Crippen LogP contribution in [0.1, 0.15) is 13.8 Å². The molecule has 0 saturated carbocycles. The van der Waals surface area contributed by atoms with Gasteiger partial charge in [0.05, 0.1) is 10.7 Å². The van der Waals surface area contributed by atoms with E-state index in [0.717, 1.165) is 6.08 Å². The van der Waals surface area contributed by atoms with Gasteiger partial charge in [-0.05, 0) is 19.9 Å². The molecule has 3 N–H and O–H groups in total. The van der Waals surface area contributed by atoms with Gasteiger partial charge in [-0.15, -0.1) is 0 Å². The summed E-state index contributed by atoms with van der Waals surface area (Å²) < 4.78 is 0. The number of allylic oxidation sites excluding steroid dienone is 3. The van der Waals surface area contributed by atoms with Crippen molar-refractivity contribution in [1.82, 2.24) is 0 Å². The minimum absolute atomic E-state index is 0.0255. The van der Waals surface area contributed by atoms with Gasteiger partial charge >= 0.3 is 11.6 Å². The second-order valence-corrected chi connectivity index (χ2v) is 2.44. The van der Waals surface area contributed by atoms with Crippen LogP contribution in [0.5, 0.6) is 0 Å². The number of rotatable bonds is 3. The van der Waals surface area contributed by atoms with Gasteiger partial charge in [0.15, 0.2) is 0 Å². The average molecular weight is 186 g/mol. The summed E-state index contributed by atoms with van der Waals surface area (Å²) >= 11 is 0. The minimum atomic E-state index is -1.13. The van der Waals surface area contributed by atoms with Crippen molar-refractivity contribution >= 4 is 5.91 Å². The second-order valence-electron chi connectivity index (χ2n) is 2.44. The fourth-order valence-corrected chi connectivity index (χ4v) is 0.810. The third-order valence-corrected chi connectivity index (χ3v) is 1.21. The number of carbonyl (C=O) groups excluding carboxylic acids is 1. The van der Waals surface area contributed by atoms with E-state index in [-0.39, 0.29) is 11.3 Å². The van der Waals surface area contributed by atoms with Gasteiger partial charge in [-0.2, -0.15) is 0 Å². The van der Waals surface area contributed by atoms with Crippen molar-refractivity contribution < 1.29 is 14.8 Å². The van der Waals surface area contributed by atoms with Crippen molar-refractivity contribution in [3.8, 4) is 0 Å². The molecule has 0 bridgehead atoms. The molecule has 0 aromatic rings. The molecule has 0 unspecified atom stereocenters. The Bertz CT molecular complexity index is 284. The zero-order chi connectivity index (χ0) is 10.6. The van der Waals surface area contributed by atoms with Crippen LogP contribution in [0.3, 0.4) is 0 Å². The highest BCUT2D eigenvalue weighted by molar-refractivity contribution is 5.90. The standard InChI is InChI=1S/C7H10N2O4/c1-4(3-5(2)10)6(7(8)11)9(12)13/h3,10H,1-2H3,(H2,8,11)/b5-3-,6-4-. The highest BCUT2D eigenvalue weighted by Gasteiger charge is 2.20. The van der Waals surface area contributed by atoms with Gasteiger partial charge in [-0.3, -0.25) is 14.9 Å². The number of primary amides is 1. The second kappa shape index (κ2) is 4.24. The summed E-state index contributed by atoms with van der Waals surface area (Å²) in [6, 6.07) is 0. The third kappa shape index (κ3) is 3.37. The molecule has 0 radical (unpaired) electrons. The Labute approximate surface area is 74.5 Å². The van der Waals surface area contributed by atoms with Crippen LogP contribution in [0.25, 0.3) is 0 Å². The number of nitrogens with zero attached hydrogens (tertiary/aromatic N) is 1. The Morgan fingerprint density at radius 1 is 1.54 bits per heavy atom. The number of amides is 1. The van der Waals surface area contributed by atoms with Gasteiger partial charge in [-0.1, -0.05) is 0 Å². The van der Waals surface area contributed by atoms with E-state index in [9.17, 15) is 14.9 Å². The molecule has 6 nitrogen and oxygen atoms in total. The molecule has 0 aliphatic heterocycles. The summed E-state index contributed by atoms with van der Waals surface area (Å²) in [7, 11) is 0. The van der Waals surface area contributed by atoms with Gasteiger partial charge in [0.25, 0.3) is 0 Å². The van der Waals surface area contributed by atoms with Crippen LogP contribution >= 0.6 is 0 Å². The Kier molecular flexibility index (Phi) is 3.64. The lowest BCUT2D eigenvalue weighted by Crippen LogP contribution is -2.21. The molecule has 0 atom stereocenters. The predicted molar refractivity (Wildman–Crippen MR) is 45.3 cm³/mol. The van der Waals surface area contributed by atoms with E-state index >= 15 is 0 Å².